The number of nitrogen functional groups attached to an aromatic ring is 1. The first-order valence-electron chi connectivity index (χ1n) is 5.03. The van der Waals surface area contributed by atoms with Gasteiger partial charge < -0.3 is 15.0 Å². The molecule has 0 saturated heterocycles. The standard InChI is InChI=1S/C11H12ClN3O2/c1-6(16-2)10-14-11(17-15-10)7-3-8(12)5-9(13)4-7/h3-6H,13H2,1-2H3. The van der Waals surface area contributed by atoms with Gasteiger partial charge in [0, 0.05) is 23.4 Å². The first-order chi connectivity index (χ1) is 8.10. The second kappa shape index (κ2) is 4.73. The minimum Gasteiger partial charge on any atom is -0.399 e. The SMILES string of the molecule is COC(C)c1noc(-c2cc(N)cc(Cl)c2)n1. The Morgan fingerprint density at radius 3 is 2.82 bits per heavy atom. The largest absolute Gasteiger partial charge is 0.399 e. The van der Waals surface area contributed by atoms with Gasteiger partial charge >= 0.3 is 0 Å². The summed E-state index contributed by atoms with van der Waals surface area (Å²) < 4.78 is 10.2. The lowest BCUT2D eigenvalue weighted by Crippen LogP contribution is -1.97. The predicted molar refractivity (Wildman–Crippen MR) is 64.6 cm³/mol. The summed E-state index contributed by atoms with van der Waals surface area (Å²) in [5.74, 6) is 0.860. The van der Waals surface area contributed by atoms with Gasteiger partial charge in [-0.25, -0.2) is 0 Å². The lowest BCUT2D eigenvalue weighted by molar-refractivity contribution is 0.109. The zero-order valence-electron chi connectivity index (χ0n) is 9.48. The predicted octanol–water partition coefficient (Wildman–Crippen LogP) is 2.68. The summed E-state index contributed by atoms with van der Waals surface area (Å²) in [6.07, 6.45) is -0.218. The number of anilines is 1. The van der Waals surface area contributed by atoms with E-state index < -0.39 is 0 Å². The molecule has 5 nitrogen and oxygen atoms in total. The summed E-state index contributed by atoms with van der Waals surface area (Å²) in [4.78, 5) is 4.22. The average Bonchev–Trinajstić information content (AvgIpc) is 2.76. The van der Waals surface area contributed by atoms with Crippen molar-refractivity contribution < 1.29 is 9.26 Å². The third kappa shape index (κ3) is 2.57. The van der Waals surface area contributed by atoms with E-state index in [2.05, 4.69) is 10.1 Å². The molecule has 0 aliphatic rings. The van der Waals surface area contributed by atoms with E-state index in [0.29, 0.717) is 28.0 Å². The summed E-state index contributed by atoms with van der Waals surface area (Å²) >= 11 is 5.90. The minimum atomic E-state index is -0.218. The maximum atomic E-state index is 5.90. The molecule has 1 aromatic heterocycles. The van der Waals surface area contributed by atoms with Crippen LogP contribution in [0.15, 0.2) is 22.7 Å². The number of halogens is 1. The van der Waals surface area contributed by atoms with Gasteiger partial charge in [-0.15, -0.1) is 0 Å². The maximum Gasteiger partial charge on any atom is 0.258 e. The molecule has 1 aromatic carbocycles. The van der Waals surface area contributed by atoms with Crippen molar-refractivity contribution in [2.24, 2.45) is 0 Å². The zero-order valence-corrected chi connectivity index (χ0v) is 10.2. The van der Waals surface area contributed by atoms with E-state index in [1.807, 2.05) is 6.92 Å². The van der Waals surface area contributed by atoms with Gasteiger partial charge in [-0.1, -0.05) is 16.8 Å². The first-order valence-corrected chi connectivity index (χ1v) is 5.41. The quantitative estimate of drug-likeness (QED) is 0.852. The van der Waals surface area contributed by atoms with Crippen LogP contribution in [0.4, 0.5) is 5.69 Å². The molecule has 1 unspecified atom stereocenters. The lowest BCUT2D eigenvalue weighted by Gasteiger charge is -2.01. The number of hydrogen-bond acceptors (Lipinski definition) is 5. The summed E-state index contributed by atoms with van der Waals surface area (Å²) in [5, 5.41) is 4.36. The summed E-state index contributed by atoms with van der Waals surface area (Å²) in [7, 11) is 1.58. The van der Waals surface area contributed by atoms with Crippen LogP contribution < -0.4 is 5.73 Å². The van der Waals surface area contributed by atoms with Crippen LogP contribution in [0.5, 0.6) is 0 Å². The summed E-state index contributed by atoms with van der Waals surface area (Å²) in [6, 6.07) is 5.09. The molecule has 0 bridgehead atoms. The number of nitrogens with zero attached hydrogens (tertiary/aromatic N) is 2. The van der Waals surface area contributed by atoms with Gasteiger partial charge in [0.05, 0.1) is 0 Å². The molecule has 0 amide bonds. The van der Waals surface area contributed by atoms with E-state index in [-0.39, 0.29) is 6.10 Å². The van der Waals surface area contributed by atoms with Gasteiger partial charge in [0.2, 0.25) is 5.82 Å². The fourth-order valence-corrected chi connectivity index (χ4v) is 1.60. The Morgan fingerprint density at radius 1 is 1.41 bits per heavy atom. The molecule has 17 heavy (non-hydrogen) atoms. The average molecular weight is 254 g/mol. The molecule has 1 atom stereocenters. The Labute approximate surface area is 104 Å². The van der Waals surface area contributed by atoms with E-state index in [9.17, 15) is 0 Å². The Hall–Kier alpha value is -1.59. The van der Waals surface area contributed by atoms with E-state index in [0.717, 1.165) is 0 Å². The van der Waals surface area contributed by atoms with Crippen molar-refractivity contribution >= 4 is 17.3 Å². The monoisotopic (exact) mass is 253 g/mol. The fourth-order valence-electron chi connectivity index (χ4n) is 1.36. The van der Waals surface area contributed by atoms with Crippen molar-refractivity contribution in [3.05, 3.63) is 29.0 Å². The topological polar surface area (TPSA) is 74.2 Å². The van der Waals surface area contributed by atoms with Gasteiger partial charge in [-0.3, -0.25) is 0 Å². The van der Waals surface area contributed by atoms with Crippen LogP contribution in [0.1, 0.15) is 18.9 Å². The molecule has 2 aromatic rings. The summed E-state index contributed by atoms with van der Waals surface area (Å²) in [5.41, 5.74) is 6.93. The number of hydrogen-bond donors (Lipinski definition) is 1. The highest BCUT2D eigenvalue weighted by Crippen LogP contribution is 2.25. The summed E-state index contributed by atoms with van der Waals surface area (Å²) in [6.45, 7) is 1.83. The van der Waals surface area contributed by atoms with E-state index >= 15 is 0 Å². The normalized spacial score (nSPS) is 12.6. The van der Waals surface area contributed by atoms with Crippen LogP contribution in [0, 0.1) is 0 Å². The van der Waals surface area contributed by atoms with Gasteiger partial charge in [0.1, 0.15) is 6.10 Å². The van der Waals surface area contributed by atoms with Crippen molar-refractivity contribution in [3.8, 4) is 11.5 Å². The molecule has 0 spiro atoms. The highest BCUT2D eigenvalue weighted by molar-refractivity contribution is 6.31. The van der Waals surface area contributed by atoms with Crippen LogP contribution in [0.3, 0.4) is 0 Å². The fraction of sp³-hybridized carbons (Fsp3) is 0.273. The molecule has 0 fully saturated rings. The van der Waals surface area contributed by atoms with E-state index in [4.69, 9.17) is 26.6 Å². The molecule has 2 N–H and O–H groups in total. The third-order valence-corrected chi connectivity index (χ3v) is 2.54. The molecule has 0 radical (unpaired) electrons. The Morgan fingerprint density at radius 2 is 2.18 bits per heavy atom. The Balaban J connectivity index is 2.36. The van der Waals surface area contributed by atoms with Crippen LogP contribution >= 0.6 is 11.6 Å². The number of methoxy groups -OCH3 is 1. The van der Waals surface area contributed by atoms with Crippen molar-refractivity contribution in [1.29, 1.82) is 0 Å². The number of nitrogens with two attached hydrogens (primary N) is 1. The molecule has 0 aliphatic heterocycles. The smallest absolute Gasteiger partial charge is 0.258 e. The molecular formula is C11H12ClN3O2. The number of ether oxygens (including phenoxy) is 1. The molecule has 1 heterocycles. The second-order valence-corrected chi connectivity index (χ2v) is 4.05. The molecule has 2 rings (SSSR count). The third-order valence-electron chi connectivity index (χ3n) is 2.33. The second-order valence-electron chi connectivity index (χ2n) is 3.61. The first kappa shape index (κ1) is 11.9. The molecular weight excluding hydrogens is 242 g/mol. The maximum absolute atomic E-state index is 5.90. The van der Waals surface area contributed by atoms with Crippen LogP contribution in [0.2, 0.25) is 5.02 Å². The van der Waals surface area contributed by atoms with Gasteiger partial charge in [-0.2, -0.15) is 4.98 Å². The molecule has 0 saturated carbocycles. The molecule has 6 heteroatoms. The Kier molecular flexibility index (Phi) is 3.31. The Bertz CT molecular complexity index is 507. The van der Waals surface area contributed by atoms with Gasteiger partial charge in [0.15, 0.2) is 0 Å². The molecule has 90 valence electrons. The lowest BCUT2D eigenvalue weighted by atomic mass is 10.2. The van der Waals surface area contributed by atoms with Crippen molar-refractivity contribution in [1.82, 2.24) is 10.1 Å². The number of aromatic nitrogens is 2. The number of benzene rings is 1. The van der Waals surface area contributed by atoms with E-state index in [1.165, 1.54) is 0 Å². The van der Waals surface area contributed by atoms with Crippen molar-refractivity contribution in [2.45, 2.75) is 13.0 Å². The zero-order chi connectivity index (χ0) is 12.4. The highest BCUT2D eigenvalue weighted by Gasteiger charge is 2.14. The highest BCUT2D eigenvalue weighted by atomic mass is 35.5. The van der Waals surface area contributed by atoms with Crippen LogP contribution in [-0.4, -0.2) is 17.3 Å². The minimum absolute atomic E-state index is 0.218. The van der Waals surface area contributed by atoms with Crippen molar-refractivity contribution in [3.63, 3.8) is 0 Å². The molecule has 0 aliphatic carbocycles. The van der Waals surface area contributed by atoms with Crippen molar-refractivity contribution in [2.75, 3.05) is 12.8 Å². The van der Waals surface area contributed by atoms with Gasteiger partial charge in [0.25, 0.3) is 5.89 Å². The number of rotatable bonds is 3. The van der Waals surface area contributed by atoms with Gasteiger partial charge in [-0.05, 0) is 25.1 Å². The van der Waals surface area contributed by atoms with Crippen LogP contribution in [-0.2, 0) is 4.74 Å². The van der Waals surface area contributed by atoms with Crippen LogP contribution in [0.25, 0.3) is 11.5 Å². The van der Waals surface area contributed by atoms with E-state index in [1.54, 1.807) is 25.3 Å².